The summed E-state index contributed by atoms with van der Waals surface area (Å²) in [7, 11) is 1.71. The van der Waals surface area contributed by atoms with Crippen molar-refractivity contribution in [1.29, 1.82) is 0 Å². The number of nitrogens with one attached hydrogen (secondary N) is 1. The van der Waals surface area contributed by atoms with Gasteiger partial charge in [-0.1, -0.05) is 42.5 Å². The molecule has 1 unspecified atom stereocenters. The molecule has 7 heteroatoms. The number of carbonyl (C=O) groups excluding carboxylic acids is 3. The van der Waals surface area contributed by atoms with Gasteiger partial charge < -0.3 is 15.1 Å². The Hall–Kier alpha value is -4.00. The molecule has 0 aliphatic carbocycles. The highest BCUT2D eigenvalue weighted by atomic mass is 19.1. The zero-order valence-electron chi connectivity index (χ0n) is 18.2. The molecule has 4 rings (SSSR count). The maximum atomic E-state index is 13.2. The lowest BCUT2D eigenvalue weighted by Gasteiger charge is -2.20. The molecule has 1 atom stereocenters. The van der Waals surface area contributed by atoms with Crippen LogP contribution in [0.3, 0.4) is 0 Å². The lowest BCUT2D eigenvalue weighted by molar-refractivity contribution is -0.122. The molecule has 168 valence electrons. The number of hydrogen-bond acceptors (Lipinski definition) is 3. The van der Waals surface area contributed by atoms with Gasteiger partial charge in [0.2, 0.25) is 11.8 Å². The van der Waals surface area contributed by atoms with Gasteiger partial charge in [0.15, 0.2) is 0 Å². The summed E-state index contributed by atoms with van der Waals surface area (Å²) in [6.45, 7) is 0.631. The lowest BCUT2D eigenvalue weighted by Crippen LogP contribution is -2.30. The van der Waals surface area contributed by atoms with Crippen molar-refractivity contribution in [2.45, 2.75) is 13.0 Å². The number of rotatable bonds is 6. The number of para-hydroxylation sites is 1. The molecule has 3 aromatic rings. The molecule has 0 spiro atoms. The first kappa shape index (κ1) is 22.2. The largest absolute Gasteiger partial charge is 0.337 e. The normalized spacial score (nSPS) is 15.4. The van der Waals surface area contributed by atoms with Crippen LogP contribution in [0.5, 0.6) is 0 Å². The van der Waals surface area contributed by atoms with Crippen LogP contribution in [0.25, 0.3) is 0 Å². The van der Waals surface area contributed by atoms with Crippen LogP contribution >= 0.6 is 0 Å². The molecule has 0 aromatic heterocycles. The summed E-state index contributed by atoms with van der Waals surface area (Å²) >= 11 is 0. The van der Waals surface area contributed by atoms with Gasteiger partial charge in [-0.25, -0.2) is 4.39 Å². The smallest absolute Gasteiger partial charge is 0.256 e. The highest BCUT2D eigenvalue weighted by Gasteiger charge is 2.35. The van der Waals surface area contributed by atoms with E-state index in [0.717, 1.165) is 5.56 Å². The van der Waals surface area contributed by atoms with Crippen LogP contribution < -0.4 is 10.2 Å². The lowest BCUT2D eigenvalue weighted by atomic mass is 10.1. The van der Waals surface area contributed by atoms with Crippen molar-refractivity contribution >= 4 is 29.1 Å². The molecule has 0 bridgehead atoms. The van der Waals surface area contributed by atoms with Crippen molar-refractivity contribution in [2.24, 2.45) is 5.92 Å². The maximum Gasteiger partial charge on any atom is 0.256 e. The zero-order chi connectivity index (χ0) is 23.4. The Bertz CT molecular complexity index is 1160. The van der Waals surface area contributed by atoms with Crippen LogP contribution in [-0.4, -0.2) is 36.2 Å². The standard InChI is InChI=1S/C26H24FN3O3/c1-29(16-18-7-3-2-4-8-18)26(33)22-9-5-6-10-23(22)28-25(32)19-15-24(31)30(17-19)21-13-11-20(27)12-14-21/h2-14,19H,15-17H2,1H3,(H,28,32). The quantitative estimate of drug-likeness (QED) is 0.621. The number of amides is 3. The number of anilines is 2. The molecule has 1 aliphatic rings. The fourth-order valence-corrected chi connectivity index (χ4v) is 3.90. The van der Waals surface area contributed by atoms with Gasteiger partial charge in [-0.2, -0.15) is 0 Å². The summed E-state index contributed by atoms with van der Waals surface area (Å²) in [4.78, 5) is 41.6. The first-order chi connectivity index (χ1) is 15.9. The fourth-order valence-electron chi connectivity index (χ4n) is 3.90. The third-order valence-electron chi connectivity index (χ3n) is 5.66. The van der Waals surface area contributed by atoms with Gasteiger partial charge >= 0.3 is 0 Å². The molecule has 3 amide bonds. The average molecular weight is 445 g/mol. The topological polar surface area (TPSA) is 69.7 Å². The molecule has 3 aromatic carbocycles. The molecule has 1 saturated heterocycles. The zero-order valence-corrected chi connectivity index (χ0v) is 18.2. The number of carbonyl (C=O) groups is 3. The van der Waals surface area contributed by atoms with Gasteiger partial charge in [-0.3, -0.25) is 14.4 Å². The Kier molecular flexibility index (Phi) is 6.49. The van der Waals surface area contributed by atoms with Crippen molar-refractivity contribution in [3.8, 4) is 0 Å². The summed E-state index contributed by atoms with van der Waals surface area (Å²) in [6.07, 6.45) is 0.0488. The Morgan fingerprint density at radius 2 is 1.67 bits per heavy atom. The predicted octanol–water partition coefficient (Wildman–Crippen LogP) is 4.09. The average Bonchev–Trinajstić information content (AvgIpc) is 3.22. The van der Waals surface area contributed by atoms with E-state index in [2.05, 4.69) is 5.32 Å². The summed E-state index contributed by atoms with van der Waals surface area (Å²) in [6, 6.07) is 22.1. The van der Waals surface area contributed by atoms with Crippen LogP contribution in [0.2, 0.25) is 0 Å². The van der Waals surface area contributed by atoms with Crippen LogP contribution in [-0.2, 0) is 16.1 Å². The highest BCUT2D eigenvalue weighted by molar-refractivity contribution is 6.07. The second kappa shape index (κ2) is 9.65. The van der Waals surface area contributed by atoms with Crippen molar-refractivity contribution in [1.82, 2.24) is 4.90 Å². The molecular formula is C26H24FN3O3. The second-order valence-electron chi connectivity index (χ2n) is 8.06. The van der Waals surface area contributed by atoms with Gasteiger partial charge in [0.05, 0.1) is 17.2 Å². The Morgan fingerprint density at radius 3 is 2.39 bits per heavy atom. The van der Waals surface area contributed by atoms with E-state index in [1.54, 1.807) is 36.2 Å². The van der Waals surface area contributed by atoms with Crippen LogP contribution in [0.15, 0.2) is 78.9 Å². The minimum Gasteiger partial charge on any atom is -0.337 e. The van der Waals surface area contributed by atoms with Crippen LogP contribution in [0.4, 0.5) is 15.8 Å². The van der Waals surface area contributed by atoms with Crippen molar-refractivity contribution in [3.63, 3.8) is 0 Å². The molecule has 1 heterocycles. The number of benzene rings is 3. The minimum absolute atomic E-state index is 0.0488. The molecule has 1 N–H and O–H groups in total. The Balaban J connectivity index is 1.45. The monoisotopic (exact) mass is 445 g/mol. The molecule has 0 radical (unpaired) electrons. The van der Waals surface area contributed by atoms with E-state index in [-0.39, 0.29) is 30.7 Å². The molecule has 33 heavy (non-hydrogen) atoms. The van der Waals surface area contributed by atoms with E-state index in [4.69, 9.17) is 0 Å². The number of hydrogen-bond donors (Lipinski definition) is 1. The van der Waals surface area contributed by atoms with Gasteiger partial charge in [-0.05, 0) is 42.0 Å². The molecular weight excluding hydrogens is 421 g/mol. The molecule has 0 saturated carbocycles. The number of nitrogens with zero attached hydrogens (tertiary/aromatic N) is 2. The molecule has 6 nitrogen and oxygen atoms in total. The van der Waals surface area contributed by atoms with Crippen molar-refractivity contribution < 1.29 is 18.8 Å². The van der Waals surface area contributed by atoms with E-state index in [0.29, 0.717) is 23.5 Å². The summed E-state index contributed by atoms with van der Waals surface area (Å²) in [5, 5.41) is 2.83. The minimum atomic E-state index is -0.576. The SMILES string of the molecule is CN(Cc1ccccc1)C(=O)c1ccccc1NC(=O)C1CC(=O)N(c2ccc(F)cc2)C1. The van der Waals surface area contributed by atoms with E-state index < -0.39 is 11.7 Å². The van der Waals surface area contributed by atoms with Crippen LogP contribution in [0, 0.1) is 11.7 Å². The first-order valence-electron chi connectivity index (χ1n) is 10.7. The first-order valence-corrected chi connectivity index (χ1v) is 10.7. The fraction of sp³-hybridized carbons (Fsp3) is 0.192. The van der Waals surface area contributed by atoms with Gasteiger partial charge in [0, 0.05) is 32.2 Å². The highest BCUT2D eigenvalue weighted by Crippen LogP contribution is 2.27. The van der Waals surface area contributed by atoms with E-state index >= 15 is 0 Å². The van der Waals surface area contributed by atoms with E-state index in [1.165, 1.54) is 29.2 Å². The third-order valence-corrected chi connectivity index (χ3v) is 5.66. The Labute approximate surface area is 191 Å². The van der Waals surface area contributed by atoms with Crippen LogP contribution in [0.1, 0.15) is 22.3 Å². The third kappa shape index (κ3) is 5.09. The van der Waals surface area contributed by atoms with Gasteiger partial charge in [0.25, 0.3) is 5.91 Å². The second-order valence-corrected chi connectivity index (χ2v) is 8.06. The Morgan fingerprint density at radius 1 is 1.00 bits per heavy atom. The number of halogens is 1. The van der Waals surface area contributed by atoms with E-state index in [1.807, 2.05) is 30.3 Å². The van der Waals surface area contributed by atoms with E-state index in [9.17, 15) is 18.8 Å². The predicted molar refractivity (Wildman–Crippen MR) is 124 cm³/mol. The summed E-state index contributed by atoms with van der Waals surface area (Å²) < 4.78 is 13.2. The van der Waals surface area contributed by atoms with Crippen molar-refractivity contribution in [2.75, 3.05) is 23.8 Å². The maximum absolute atomic E-state index is 13.2. The van der Waals surface area contributed by atoms with Gasteiger partial charge in [0.1, 0.15) is 5.82 Å². The summed E-state index contributed by atoms with van der Waals surface area (Å²) in [5.74, 6) is -1.72. The molecule has 1 fully saturated rings. The summed E-state index contributed by atoms with van der Waals surface area (Å²) in [5.41, 5.74) is 2.33. The van der Waals surface area contributed by atoms with Gasteiger partial charge in [-0.15, -0.1) is 0 Å². The molecule has 1 aliphatic heterocycles. The van der Waals surface area contributed by atoms with Crippen molar-refractivity contribution in [3.05, 3.63) is 95.8 Å².